The van der Waals surface area contributed by atoms with Crippen molar-refractivity contribution in [3.8, 4) is 0 Å². The molecule has 4 rings (SSSR count). The van der Waals surface area contributed by atoms with Gasteiger partial charge in [0.25, 0.3) is 5.56 Å². The van der Waals surface area contributed by atoms with E-state index in [1.165, 1.54) is 0 Å². The SMILES string of the molecule is Cc1ccc2nn3c(C4CCN(C(=O)OC(C)(C)C)CC4)cc(=O)[nH]c3c2c1Cl. The summed E-state index contributed by atoms with van der Waals surface area (Å²) >= 11 is 6.51. The summed E-state index contributed by atoms with van der Waals surface area (Å²) in [4.78, 5) is 29.3. The second kappa shape index (κ2) is 7.06. The van der Waals surface area contributed by atoms with Gasteiger partial charge in [0.2, 0.25) is 0 Å². The van der Waals surface area contributed by atoms with Crippen molar-refractivity contribution in [2.24, 2.45) is 0 Å². The number of carbonyl (C=O) groups is 1. The van der Waals surface area contributed by atoms with Crippen LogP contribution in [0.2, 0.25) is 5.02 Å². The molecule has 0 spiro atoms. The van der Waals surface area contributed by atoms with Gasteiger partial charge in [0.15, 0.2) is 0 Å². The molecule has 1 fully saturated rings. The minimum atomic E-state index is -0.514. The van der Waals surface area contributed by atoms with Crippen LogP contribution in [0.15, 0.2) is 23.0 Å². The molecule has 1 amide bonds. The zero-order valence-corrected chi connectivity index (χ0v) is 17.8. The Hall–Kier alpha value is -2.54. The minimum Gasteiger partial charge on any atom is -0.444 e. The number of hydrogen-bond acceptors (Lipinski definition) is 4. The molecule has 1 aromatic carbocycles. The number of rotatable bonds is 1. The molecule has 1 N–H and O–H groups in total. The first-order valence-electron chi connectivity index (χ1n) is 9.83. The van der Waals surface area contributed by atoms with Crippen molar-refractivity contribution in [1.82, 2.24) is 19.5 Å². The van der Waals surface area contributed by atoms with E-state index in [1.807, 2.05) is 39.8 Å². The number of halogens is 1. The van der Waals surface area contributed by atoms with Crippen LogP contribution in [0.1, 0.15) is 50.8 Å². The zero-order valence-electron chi connectivity index (χ0n) is 17.1. The van der Waals surface area contributed by atoms with Crippen molar-refractivity contribution in [2.45, 2.75) is 52.1 Å². The highest BCUT2D eigenvalue weighted by atomic mass is 35.5. The Morgan fingerprint density at radius 1 is 1.28 bits per heavy atom. The van der Waals surface area contributed by atoms with Gasteiger partial charge >= 0.3 is 6.09 Å². The van der Waals surface area contributed by atoms with Crippen molar-refractivity contribution in [2.75, 3.05) is 13.1 Å². The van der Waals surface area contributed by atoms with Gasteiger partial charge in [-0.3, -0.25) is 4.79 Å². The van der Waals surface area contributed by atoms with E-state index in [2.05, 4.69) is 4.98 Å². The number of fused-ring (bicyclic) bond motifs is 3. The van der Waals surface area contributed by atoms with Crippen LogP contribution in [0.25, 0.3) is 16.6 Å². The quantitative estimate of drug-likeness (QED) is 0.643. The first kappa shape index (κ1) is 19.8. The molecule has 7 nitrogen and oxygen atoms in total. The molecule has 1 saturated heterocycles. The van der Waals surface area contributed by atoms with Gasteiger partial charge in [0.1, 0.15) is 11.2 Å². The number of ether oxygens (including phenoxy) is 1. The maximum absolute atomic E-state index is 12.4. The van der Waals surface area contributed by atoms with E-state index in [1.54, 1.807) is 15.5 Å². The third-order valence-corrected chi connectivity index (χ3v) is 5.79. The van der Waals surface area contributed by atoms with Crippen LogP contribution >= 0.6 is 11.6 Å². The fraction of sp³-hybridized carbons (Fsp3) is 0.476. The Balaban J connectivity index is 1.66. The maximum Gasteiger partial charge on any atom is 0.410 e. The van der Waals surface area contributed by atoms with Crippen LogP contribution in [-0.2, 0) is 4.74 Å². The highest BCUT2D eigenvalue weighted by Gasteiger charge is 2.29. The number of likely N-dealkylation sites (tertiary alicyclic amines) is 1. The van der Waals surface area contributed by atoms with Gasteiger partial charge in [0.05, 0.1) is 21.6 Å². The smallest absolute Gasteiger partial charge is 0.410 e. The number of aromatic amines is 1. The molecule has 29 heavy (non-hydrogen) atoms. The summed E-state index contributed by atoms with van der Waals surface area (Å²) < 4.78 is 7.27. The van der Waals surface area contributed by atoms with Gasteiger partial charge in [-0.05, 0) is 52.2 Å². The first-order valence-corrected chi connectivity index (χ1v) is 10.2. The predicted molar refractivity (Wildman–Crippen MR) is 113 cm³/mol. The Kier molecular flexibility index (Phi) is 4.81. The molecule has 2 aromatic heterocycles. The largest absolute Gasteiger partial charge is 0.444 e. The molecular formula is C21H25ClN4O3. The van der Waals surface area contributed by atoms with E-state index in [4.69, 9.17) is 21.4 Å². The monoisotopic (exact) mass is 416 g/mol. The van der Waals surface area contributed by atoms with Crippen LogP contribution in [-0.4, -0.2) is 44.3 Å². The topological polar surface area (TPSA) is 79.7 Å². The molecule has 8 heteroatoms. The summed E-state index contributed by atoms with van der Waals surface area (Å²) in [7, 11) is 0. The number of nitrogens with zero attached hydrogens (tertiary/aromatic N) is 3. The molecule has 3 aromatic rings. The van der Waals surface area contributed by atoms with E-state index >= 15 is 0 Å². The highest BCUT2D eigenvalue weighted by Crippen LogP contribution is 2.33. The number of H-pyrrole nitrogens is 1. The van der Waals surface area contributed by atoms with Gasteiger partial charge in [0, 0.05) is 25.1 Å². The number of aromatic nitrogens is 3. The Bertz CT molecular complexity index is 1150. The molecule has 0 unspecified atom stereocenters. The van der Waals surface area contributed by atoms with E-state index in [0.29, 0.717) is 23.8 Å². The number of piperidine rings is 1. The van der Waals surface area contributed by atoms with Crippen molar-refractivity contribution < 1.29 is 9.53 Å². The van der Waals surface area contributed by atoms with Crippen LogP contribution in [0, 0.1) is 6.92 Å². The third kappa shape index (κ3) is 3.71. The fourth-order valence-corrected chi connectivity index (χ4v) is 4.12. The molecule has 0 bridgehead atoms. The molecule has 1 aliphatic rings. The van der Waals surface area contributed by atoms with Crippen LogP contribution in [0.4, 0.5) is 4.79 Å². The predicted octanol–water partition coefficient (Wildman–Crippen LogP) is 4.25. The van der Waals surface area contributed by atoms with Gasteiger partial charge in [-0.2, -0.15) is 5.10 Å². The van der Waals surface area contributed by atoms with Gasteiger partial charge in [-0.25, -0.2) is 9.31 Å². The maximum atomic E-state index is 12.4. The molecule has 0 radical (unpaired) electrons. The first-order chi connectivity index (χ1) is 13.6. The molecule has 0 saturated carbocycles. The summed E-state index contributed by atoms with van der Waals surface area (Å²) in [6, 6.07) is 5.44. The van der Waals surface area contributed by atoms with Crippen molar-refractivity contribution in [3.63, 3.8) is 0 Å². The molecule has 0 aliphatic carbocycles. The van der Waals surface area contributed by atoms with Crippen molar-refractivity contribution in [3.05, 3.63) is 44.8 Å². The summed E-state index contributed by atoms with van der Waals surface area (Å²) in [6.07, 6.45) is 1.18. The standard InChI is InChI=1S/C21H25ClN4O3/c1-12-5-6-14-17(18(12)22)19-23-16(27)11-15(26(19)24-14)13-7-9-25(10-8-13)20(28)29-21(2,3)4/h5-6,11,13H,7-10H2,1-4H3,(H,23,27). The highest BCUT2D eigenvalue weighted by molar-refractivity contribution is 6.37. The van der Waals surface area contributed by atoms with Gasteiger partial charge in [-0.1, -0.05) is 17.7 Å². The number of hydrogen-bond donors (Lipinski definition) is 1. The molecule has 3 heterocycles. The van der Waals surface area contributed by atoms with Gasteiger partial charge in [-0.15, -0.1) is 0 Å². The molecule has 0 atom stereocenters. The average Bonchev–Trinajstić information content (AvgIpc) is 3.02. The van der Waals surface area contributed by atoms with Crippen LogP contribution in [0.3, 0.4) is 0 Å². The Labute approximate surface area is 173 Å². The minimum absolute atomic E-state index is 0.118. The Morgan fingerprint density at radius 2 is 1.97 bits per heavy atom. The lowest BCUT2D eigenvalue weighted by Crippen LogP contribution is -2.41. The lowest BCUT2D eigenvalue weighted by Gasteiger charge is -2.33. The second-order valence-electron chi connectivity index (χ2n) is 8.65. The molecular weight excluding hydrogens is 392 g/mol. The number of amides is 1. The summed E-state index contributed by atoms with van der Waals surface area (Å²) in [5.41, 5.74) is 2.45. The van der Waals surface area contributed by atoms with E-state index in [9.17, 15) is 9.59 Å². The summed E-state index contributed by atoms with van der Waals surface area (Å²) in [5, 5.41) is 6.06. The number of aryl methyl sites for hydroxylation is 1. The lowest BCUT2D eigenvalue weighted by molar-refractivity contribution is 0.0203. The average molecular weight is 417 g/mol. The van der Waals surface area contributed by atoms with Crippen LogP contribution in [0.5, 0.6) is 0 Å². The lowest BCUT2D eigenvalue weighted by atomic mass is 9.93. The molecule has 1 aliphatic heterocycles. The zero-order chi connectivity index (χ0) is 20.9. The number of nitrogens with one attached hydrogen (secondary N) is 1. The molecule has 154 valence electrons. The van der Waals surface area contributed by atoms with Gasteiger partial charge < -0.3 is 14.6 Å². The van der Waals surface area contributed by atoms with E-state index in [-0.39, 0.29) is 17.6 Å². The van der Waals surface area contributed by atoms with E-state index in [0.717, 1.165) is 35.0 Å². The van der Waals surface area contributed by atoms with Crippen LogP contribution < -0.4 is 5.56 Å². The second-order valence-corrected chi connectivity index (χ2v) is 9.03. The Morgan fingerprint density at radius 3 is 2.62 bits per heavy atom. The summed E-state index contributed by atoms with van der Waals surface area (Å²) in [6.45, 7) is 8.67. The third-order valence-electron chi connectivity index (χ3n) is 5.30. The number of carbonyl (C=O) groups excluding carboxylic acids is 1. The van der Waals surface area contributed by atoms with Crippen molar-refractivity contribution >= 4 is 34.2 Å². The fourth-order valence-electron chi connectivity index (χ4n) is 3.87. The van der Waals surface area contributed by atoms with E-state index < -0.39 is 5.60 Å². The van der Waals surface area contributed by atoms with Crippen molar-refractivity contribution in [1.29, 1.82) is 0 Å². The normalized spacial score (nSPS) is 16.0. The number of benzene rings is 1. The summed E-state index contributed by atoms with van der Waals surface area (Å²) in [5.74, 6) is 0.118.